The van der Waals surface area contributed by atoms with E-state index in [-0.39, 0.29) is 30.5 Å². The van der Waals surface area contributed by atoms with Crippen LogP contribution in [-0.4, -0.2) is 18.4 Å². The number of para-hydroxylation sites is 1. The van der Waals surface area contributed by atoms with Gasteiger partial charge in [0.15, 0.2) is 5.76 Å². The number of carbonyl (C=O) groups is 2. The minimum absolute atomic E-state index is 0.161. The topological polar surface area (TPSA) is 80.6 Å². The second-order valence-corrected chi connectivity index (χ2v) is 5.47. The molecule has 0 radical (unpaired) electrons. The van der Waals surface area contributed by atoms with Crippen LogP contribution >= 0.6 is 0 Å². The normalized spacial score (nSPS) is 10.2. The van der Waals surface area contributed by atoms with Crippen LogP contribution in [0.3, 0.4) is 0 Å². The van der Waals surface area contributed by atoms with E-state index in [9.17, 15) is 9.59 Å². The van der Waals surface area contributed by atoms with Crippen molar-refractivity contribution in [3.63, 3.8) is 0 Å². The van der Waals surface area contributed by atoms with Crippen molar-refractivity contribution < 1.29 is 18.7 Å². The third-order valence-electron chi connectivity index (χ3n) is 3.50. The monoisotopic (exact) mass is 350 g/mol. The van der Waals surface area contributed by atoms with Crippen LogP contribution in [0.1, 0.15) is 17.0 Å². The third-order valence-corrected chi connectivity index (χ3v) is 3.50. The first-order valence-electron chi connectivity index (χ1n) is 8.15. The SMILES string of the molecule is O=C(CCNC(=O)c1ccco1)Nc1ccc(Oc2ccccc2)cc1. The molecule has 6 heteroatoms. The molecule has 3 rings (SSSR count). The first-order chi connectivity index (χ1) is 12.7. The minimum Gasteiger partial charge on any atom is -0.459 e. The van der Waals surface area contributed by atoms with Gasteiger partial charge >= 0.3 is 0 Å². The third kappa shape index (κ3) is 4.98. The molecule has 2 N–H and O–H groups in total. The maximum Gasteiger partial charge on any atom is 0.286 e. The van der Waals surface area contributed by atoms with E-state index in [1.165, 1.54) is 6.26 Å². The highest BCUT2D eigenvalue weighted by atomic mass is 16.5. The summed E-state index contributed by atoms with van der Waals surface area (Å²) in [4.78, 5) is 23.6. The molecule has 26 heavy (non-hydrogen) atoms. The summed E-state index contributed by atoms with van der Waals surface area (Å²) in [5, 5.41) is 5.40. The van der Waals surface area contributed by atoms with E-state index in [2.05, 4.69) is 10.6 Å². The first kappa shape index (κ1) is 17.3. The fourth-order valence-electron chi connectivity index (χ4n) is 2.24. The molecule has 0 saturated carbocycles. The van der Waals surface area contributed by atoms with Crippen LogP contribution < -0.4 is 15.4 Å². The van der Waals surface area contributed by atoms with Crippen molar-refractivity contribution in [3.05, 3.63) is 78.8 Å². The number of furan rings is 1. The number of ether oxygens (including phenoxy) is 1. The molecule has 0 spiro atoms. The van der Waals surface area contributed by atoms with Crippen LogP contribution in [0.4, 0.5) is 5.69 Å². The van der Waals surface area contributed by atoms with Gasteiger partial charge in [-0.3, -0.25) is 9.59 Å². The Balaban J connectivity index is 1.43. The van der Waals surface area contributed by atoms with Gasteiger partial charge in [-0.1, -0.05) is 18.2 Å². The Labute approximate surface area is 150 Å². The van der Waals surface area contributed by atoms with E-state index in [1.54, 1.807) is 36.4 Å². The van der Waals surface area contributed by atoms with Crippen molar-refractivity contribution in [1.82, 2.24) is 5.32 Å². The Morgan fingerprint density at radius 3 is 2.31 bits per heavy atom. The Morgan fingerprint density at radius 1 is 0.885 bits per heavy atom. The van der Waals surface area contributed by atoms with Crippen LogP contribution in [0.25, 0.3) is 0 Å². The molecule has 0 saturated heterocycles. The van der Waals surface area contributed by atoms with Gasteiger partial charge in [-0.15, -0.1) is 0 Å². The summed E-state index contributed by atoms with van der Waals surface area (Å²) in [6, 6.07) is 19.7. The summed E-state index contributed by atoms with van der Waals surface area (Å²) in [6.07, 6.45) is 1.58. The number of benzene rings is 2. The van der Waals surface area contributed by atoms with Crippen LogP contribution in [0.2, 0.25) is 0 Å². The Hall–Kier alpha value is -3.54. The molecule has 0 bridgehead atoms. The van der Waals surface area contributed by atoms with Gasteiger partial charge in [0.05, 0.1) is 6.26 Å². The van der Waals surface area contributed by atoms with Gasteiger partial charge < -0.3 is 19.8 Å². The standard InChI is InChI=1S/C20H18N2O4/c23-19(12-13-21-20(24)18-7-4-14-25-18)22-15-8-10-17(11-9-15)26-16-5-2-1-3-6-16/h1-11,14H,12-13H2,(H,21,24)(H,22,23). The summed E-state index contributed by atoms with van der Waals surface area (Å²) < 4.78 is 10.7. The van der Waals surface area contributed by atoms with E-state index in [1.807, 2.05) is 30.3 Å². The highest BCUT2D eigenvalue weighted by Gasteiger charge is 2.09. The molecule has 1 heterocycles. The zero-order valence-electron chi connectivity index (χ0n) is 14.0. The van der Waals surface area contributed by atoms with E-state index in [0.29, 0.717) is 11.4 Å². The summed E-state index contributed by atoms with van der Waals surface area (Å²) in [5.41, 5.74) is 0.660. The Bertz CT molecular complexity index is 843. The maximum absolute atomic E-state index is 11.9. The summed E-state index contributed by atoms with van der Waals surface area (Å²) in [5.74, 6) is 1.11. The quantitative estimate of drug-likeness (QED) is 0.679. The van der Waals surface area contributed by atoms with Crippen molar-refractivity contribution in [2.45, 2.75) is 6.42 Å². The molecule has 0 aliphatic carbocycles. The fourth-order valence-corrected chi connectivity index (χ4v) is 2.24. The van der Waals surface area contributed by atoms with Crippen molar-refractivity contribution in [1.29, 1.82) is 0 Å². The van der Waals surface area contributed by atoms with Crippen molar-refractivity contribution >= 4 is 17.5 Å². The Kier molecular flexibility index (Phi) is 5.67. The molecule has 2 amide bonds. The number of hydrogen-bond donors (Lipinski definition) is 2. The highest BCUT2D eigenvalue weighted by molar-refractivity contribution is 5.93. The van der Waals surface area contributed by atoms with Gasteiger partial charge in [0.25, 0.3) is 5.91 Å². The van der Waals surface area contributed by atoms with E-state index in [4.69, 9.17) is 9.15 Å². The zero-order valence-corrected chi connectivity index (χ0v) is 14.0. The number of nitrogens with one attached hydrogen (secondary N) is 2. The summed E-state index contributed by atoms with van der Waals surface area (Å²) in [7, 11) is 0. The van der Waals surface area contributed by atoms with Crippen molar-refractivity contribution in [3.8, 4) is 11.5 Å². The number of amides is 2. The predicted octanol–water partition coefficient (Wildman–Crippen LogP) is 3.83. The molecule has 0 fully saturated rings. The lowest BCUT2D eigenvalue weighted by Gasteiger charge is -2.08. The lowest BCUT2D eigenvalue weighted by Crippen LogP contribution is -2.27. The summed E-state index contributed by atoms with van der Waals surface area (Å²) >= 11 is 0. The van der Waals surface area contributed by atoms with E-state index < -0.39 is 0 Å². The van der Waals surface area contributed by atoms with Crippen molar-refractivity contribution in [2.75, 3.05) is 11.9 Å². The lowest BCUT2D eigenvalue weighted by molar-refractivity contribution is -0.116. The largest absolute Gasteiger partial charge is 0.459 e. The number of carbonyl (C=O) groups excluding carboxylic acids is 2. The average molecular weight is 350 g/mol. The van der Waals surface area contributed by atoms with E-state index >= 15 is 0 Å². The molecule has 3 aromatic rings. The molecule has 0 aliphatic rings. The van der Waals surface area contributed by atoms with Crippen molar-refractivity contribution in [2.24, 2.45) is 0 Å². The molecule has 132 valence electrons. The average Bonchev–Trinajstić information content (AvgIpc) is 3.19. The summed E-state index contributed by atoms with van der Waals surface area (Å²) in [6.45, 7) is 0.223. The highest BCUT2D eigenvalue weighted by Crippen LogP contribution is 2.22. The minimum atomic E-state index is -0.342. The Morgan fingerprint density at radius 2 is 1.62 bits per heavy atom. The van der Waals surface area contributed by atoms with Gasteiger partial charge in [0.1, 0.15) is 11.5 Å². The number of anilines is 1. The molecule has 0 unspecified atom stereocenters. The smallest absolute Gasteiger partial charge is 0.286 e. The van der Waals surface area contributed by atoms with E-state index in [0.717, 1.165) is 5.75 Å². The van der Waals surface area contributed by atoms with Crippen LogP contribution in [0.15, 0.2) is 77.4 Å². The molecular weight excluding hydrogens is 332 g/mol. The van der Waals surface area contributed by atoms with Gasteiger partial charge in [-0.2, -0.15) is 0 Å². The molecule has 1 aromatic heterocycles. The zero-order chi connectivity index (χ0) is 18.2. The van der Waals surface area contributed by atoms with Crippen LogP contribution in [0, 0.1) is 0 Å². The second-order valence-electron chi connectivity index (χ2n) is 5.47. The van der Waals surface area contributed by atoms with Gasteiger partial charge in [-0.25, -0.2) is 0 Å². The van der Waals surface area contributed by atoms with Gasteiger partial charge in [0, 0.05) is 18.7 Å². The predicted molar refractivity (Wildman–Crippen MR) is 97.2 cm³/mol. The maximum atomic E-state index is 11.9. The van der Waals surface area contributed by atoms with Crippen LogP contribution in [-0.2, 0) is 4.79 Å². The first-order valence-corrected chi connectivity index (χ1v) is 8.15. The lowest BCUT2D eigenvalue weighted by atomic mass is 10.3. The van der Waals surface area contributed by atoms with Gasteiger partial charge in [0.2, 0.25) is 5.91 Å². The van der Waals surface area contributed by atoms with Crippen LogP contribution in [0.5, 0.6) is 11.5 Å². The second kappa shape index (κ2) is 8.53. The van der Waals surface area contributed by atoms with Gasteiger partial charge in [-0.05, 0) is 48.5 Å². The molecule has 0 atom stereocenters. The molecule has 6 nitrogen and oxygen atoms in total. The molecule has 2 aromatic carbocycles. The fraction of sp³-hybridized carbons (Fsp3) is 0.100. The molecule has 0 aliphatic heterocycles. The number of hydrogen-bond acceptors (Lipinski definition) is 4. The molecular formula is C20H18N2O4. The number of rotatable bonds is 7.